The summed E-state index contributed by atoms with van der Waals surface area (Å²) < 4.78 is 9.42. The van der Waals surface area contributed by atoms with Crippen LogP contribution < -0.4 is 0 Å². The molecular weight excluding hydrogens is 420 g/mol. The highest BCUT2D eigenvalue weighted by atomic mass is 16.6. The molecule has 162 valence electrons. The SMILES string of the molecule is [N-]=[N+]=Nc1ccc(C(=O)OC(=O)CCCCC(=O)OC(=O)c2ccc(N=[N+]=[N-])cc2)cc1. The van der Waals surface area contributed by atoms with Crippen LogP contribution in [0.4, 0.5) is 11.4 Å². The minimum atomic E-state index is -0.848. The van der Waals surface area contributed by atoms with E-state index >= 15 is 0 Å². The van der Waals surface area contributed by atoms with Crippen LogP contribution in [0.25, 0.3) is 20.9 Å². The number of carbonyl (C=O) groups is 4. The van der Waals surface area contributed by atoms with Crippen molar-refractivity contribution in [3.05, 3.63) is 80.5 Å². The Morgan fingerprint density at radius 2 is 1.00 bits per heavy atom. The van der Waals surface area contributed by atoms with Gasteiger partial charge >= 0.3 is 23.9 Å². The van der Waals surface area contributed by atoms with Crippen molar-refractivity contribution in [2.45, 2.75) is 25.7 Å². The normalized spacial score (nSPS) is 9.62. The molecule has 32 heavy (non-hydrogen) atoms. The minimum absolute atomic E-state index is 0.106. The van der Waals surface area contributed by atoms with Crippen LogP contribution in [0.5, 0.6) is 0 Å². The molecule has 0 aromatic heterocycles. The van der Waals surface area contributed by atoms with E-state index in [-0.39, 0.29) is 36.8 Å². The van der Waals surface area contributed by atoms with Crippen molar-refractivity contribution in [3.8, 4) is 0 Å². The highest BCUT2D eigenvalue weighted by Crippen LogP contribution is 2.15. The smallest absolute Gasteiger partial charge is 0.345 e. The number of carbonyl (C=O) groups excluding carboxylic acids is 4. The van der Waals surface area contributed by atoms with Gasteiger partial charge < -0.3 is 9.47 Å². The summed E-state index contributed by atoms with van der Waals surface area (Å²) in [5.74, 6) is -3.23. The number of azide groups is 2. The molecule has 0 heterocycles. The van der Waals surface area contributed by atoms with E-state index in [2.05, 4.69) is 20.1 Å². The predicted molar refractivity (Wildman–Crippen MR) is 110 cm³/mol. The van der Waals surface area contributed by atoms with Crippen LogP contribution >= 0.6 is 0 Å². The second-order valence-electron chi connectivity index (χ2n) is 6.20. The first kappa shape index (κ1) is 23.6. The number of esters is 4. The molecule has 0 spiro atoms. The first-order valence-electron chi connectivity index (χ1n) is 9.23. The fraction of sp³-hybridized carbons (Fsp3) is 0.200. The van der Waals surface area contributed by atoms with E-state index in [0.29, 0.717) is 11.4 Å². The summed E-state index contributed by atoms with van der Waals surface area (Å²) in [7, 11) is 0. The summed E-state index contributed by atoms with van der Waals surface area (Å²) in [5.41, 5.74) is 17.5. The lowest BCUT2D eigenvalue weighted by molar-refractivity contribution is -0.140. The van der Waals surface area contributed by atoms with Crippen molar-refractivity contribution in [1.29, 1.82) is 0 Å². The fourth-order valence-corrected chi connectivity index (χ4v) is 2.40. The molecule has 0 aliphatic carbocycles. The molecule has 2 aromatic rings. The van der Waals surface area contributed by atoms with Crippen molar-refractivity contribution in [2.24, 2.45) is 10.2 Å². The van der Waals surface area contributed by atoms with Gasteiger partial charge in [0.15, 0.2) is 0 Å². The van der Waals surface area contributed by atoms with Crippen LogP contribution in [0, 0.1) is 0 Å². The third kappa shape index (κ3) is 7.64. The Balaban J connectivity index is 1.69. The molecule has 0 saturated heterocycles. The molecule has 0 aliphatic heterocycles. The van der Waals surface area contributed by atoms with E-state index < -0.39 is 23.9 Å². The van der Waals surface area contributed by atoms with Gasteiger partial charge in [-0.25, -0.2) is 9.59 Å². The second kappa shape index (κ2) is 12.1. The average Bonchev–Trinajstić information content (AvgIpc) is 2.78. The Kier molecular flexibility index (Phi) is 8.95. The van der Waals surface area contributed by atoms with Crippen LogP contribution in [0.15, 0.2) is 58.8 Å². The molecule has 2 aromatic carbocycles. The lowest BCUT2D eigenvalue weighted by atomic mass is 10.2. The van der Waals surface area contributed by atoms with Crippen LogP contribution in [0.2, 0.25) is 0 Å². The Morgan fingerprint density at radius 3 is 1.31 bits per heavy atom. The maximum atomic E-state index is 11.9. The molecular formula is C20H16N6O6. The van der Waals surface area contributed by atoms with Gasteiger partial charge in [-0.15, -0.1) is 0 Å². The summed E-state index contributed by atoms with van der Waals surface area (Å²) in [6.45, 7) is 0. The molecule has 12 heteroatoms. The fourth-order valence-electron chi connectivity index (χ4n) is 2.40. The van der Waals surface area contributed by atoms with Gasteiger partial charge in [-0.1, -0.05) is 34.5 Å². The zero-order valence-electron chi connectivity index (χ0n) is 16.6. The molecule has 0 aliphatic rings. The average molecular weight is 436 g/mol. The van der Waals surface area contributed by atoms with E-state index in [4.69, 9.17) is 20.5 Å². The van der Waals surface area contributed by atoms with Crippen molar-refractivity contribution >= 4 is 35.3 Å². The molecule has 0 bridgehead atoms. The van der Waals surface area contributed by atoms with Gasteiger partial charge in [-0.2, -0.15) is 0 Å². The largest absolute Gasteiger partial charge is 0.389 e. The highest BCUT2D eigenvalue weighted by Gasteiger charge is 2.15. The zero-order chi connectivity index (χ0) is 23.3. The quantitative estimate of drug-likeness (QED) is 0.130. The van der Waals surface area contributed by atoms with Crippen LogP contribution in [0.3, 0.4) is 0 Å². The molecule has 0 N–H and O–H groups in total. The number of ether oxygens (including phenoxy) is 2. The second-order valence-corrected chi connectivity index (χ2v) is 6.20. The van der Waals surface area contributed by atoms with Gasteiger partial charge in [-0.3, -0.25) is 9.59 Å². The maximum absolute atomic E-state index is 11.9. The lowest BCUT2D eigenvalue weighted by Crippen LogP contribution is -2.13. The number of hydrogen-bond acceptors (Lipinski definition) is 8. The summed E-state index contributed by atoms with van der Waals surface area (Å²) in [5, 5.41) is 6.73. The van der Waals surface area contributed by atoms with E-state index in [1.54, 1.807) is 0 Å². The lowest BCUT2D eigenvalue weighted by Gasteiger charge is -2.05. The number of unbranched alkanes of at least 4 members (excludes halogenated alkanes) is 1. The summed E-state index contributed by atoms with van der Waals surface area (Å²) >= 11 is 0. The third-order valence-corrected chi connectivity index (χ3v) is 3.95. The molecule has 0 fully saturated rings. The Morgan fingerprint density at radius 1 is 0.656 bits per heavy atom. The number of nitrogens with zero attached hydrogens (tertiary/aromatic N) is 6. The van der Waals surface area contributed by atoms with E-state index in [1.807, 2.05) is 0 Å². The van der Waals surface area contributed by atoms with Gasteiger partial charge in [0.2, 0.25) is 0 Å². The van der Waals surface area contributed by atoms with E-state index in [0.717, 1.165) is 0 Å². The van der Waals surface area contributed by atoms with Crippen molar-refractivity contribution < 1.29 is 28.7 Å². The van der Waals surface area contributed by atoms with Gasteiger partial charge in [-0.05, 0) is 48.2 Å². The first-order chi connectivity index (χ1) is 15.4. The topological polar surface area (TPSA) is 184 Å². The van der Waals surface area contributed by atoms with Gasteiger partial charge in [0.1, 0.15) is 0 Å². The van der Waals surface area contributed by atoms with Crippen molar-refractivity contribution in [3.63, 3.8) is 0 Å². The Labute approximate surface area is 181 Å². The third-order valence-electron chi connectivity index (χ3n) is 3.95. The summed E-state index contributed by atoms with van der Waals surface area (Å²) in [4.78, 5) is 52.6. The van der Waals surface area contributed by atoms with Gasteiger partial charge in [0.05, 0.1) is 11.1 Å². The van der Waals surface area contributed by atoms with Crippen LogP contribution in [-0.2, 0) is 19.1 Å². The summed E-state index contributed by atoms with van der Waals surface area (Å²) in [6.07, 6.45) is 0.271. The van der Waals surface area contributed by atoms with Crippen molar-refractivity contribution in [1.82, 2.24) is 0 Å². The number of rotatable bonds is 9. The van der Waals surface area contributed by atoms with E-state index in [9.17, 15) is 19.2 Å². The van der Waals surface area contributed by atoms with Gasteiger partial charge in [0, 0.05) is 34.0 Å². The molecule has 0 radical (unpaired) electrons. The Bertz CT molecular complexity index is 1010. The minimum Gasteiger partial charge on any atom is -0.389 e. The zero-order valence-corrected chi connectivity index (χ0v) is 16.6. The highest BCUT2D eigenvalue weighted by molar-refractivity contribution is 5.97. The van der Waals surface area contributed by atoms with E-state index in [1.165, 1.54) is 48.5 Å². The standard InChI is InChI=1S/C20H16N6O6/c21-25-23-15-9-5-13(6-10-15)19(29)31-17(27)3-1-2-4-18(28)32-20(30)14-7-11-16(12-8-14)24-26-22/h5-12H,1-4H2. The van der Waals surface area contributed by atoms with Crippen LogP contribution in [-0.4, -0.2) is 23.9 Å². The summed E-state index contributed by atoms with van der Waals surface area (Å²) in [6, 6.07) is 11.1. The van der Waals surface area contributed by atoms with Crippen LogP contribution in [0.1, 0.15) is 46.4 Å². The Hall–Kier alpha value is -4.66. The molecule has 2 rings (SSSR count). The molecule has 0 unspecified atom stereocenters. The van der Waals surface area contributed by atoms with Gasteiger partial charge in [0.25, 0.3) is 0 Å². The number of benzene rings is 2. The first-order valence-corrected chi connectivity index (χ1v) is 9.23. The molecule has 12 nitrogen and oxygen atoms in total. The molecule has 0 amide bonds. The maximum Gasteiger partial charge on any atom is 0.345 e. The monoisotopic (exact) mass is 436 g/mol. The molecule has 0 saturated carbocycles. The predicted octanol–water partition coefficient (Wildman–Crippen LogP) is 5.20. The van der Waals surface area contributed by atoms with Crippen molar-refractivity contribution in [2.75, 3.05) is 0 Å². The number of hydrogen-bond donors (Lipinski definition) is 0. The molecule has 0 atom stereocenters.